The van der Waals surface area contributed by atoms with Crippen molar-refractivity contribution in [3.8, 4) is 5.75 Å². The zero-order valence-electron chi connectivity index (χ0n) is 13.6. The second kappa shape index (κ2) is 6.57. The van der Waals surface area contributed by atoms with Gasteiger partial charge in [0.05, 0.1) is 6.61 Å². The summed E-state index contributed by atoms with van der Waals surface area (Å²) in [5, 5.41) is 15.9. The average molecular weight is 354 g/mol. The number of halogens is 1. The van der Waals surface area contributed by atoms with Gasteiger partial charge in [-0.1, -0.05) is 28.8 Å². The van der Waals surface area contributed by atoms with Gasteiger partial charge >= 0.3 is 0 Å². The molecule has 2 aromatic carbocycles. The zero-order chi connectivity index (χ0) is 17.2. The van der Waals surface area contributed by atoms with Crippen LogP contribution < -0.4 is 10.1 Å². The Labute approximate surface area is 150 Å². The lowest BCUT2D eigenvalue weighted by Crippen LogP contribution is -2.20. The molecule has 1 aliphatic heterocycles. The Balaban J connectivity index is 1.72. The SMILES string of the molecule is CCOc1ccc(C2=CC(c3ccc(Cl)cc3)n3nnnc3N2)cc1. The molecule has 6 nitrogen and oxygen atoms in total. The van der Waals surface area contributed by atoms with Crippen LogP contribution in [-0.2, 0) is 0 Å². The Kier molecular flexibility index (Phi) is 4.11. The minimum Gasteiger partial charge on any atom is -0.494 e. The first kappa shape index (κ1) is 15.7. The predicted octanol–water partition coefficient (Wildman–Crippen LogP) is 3.78. The molecule has 7 heteroatoms. The van der Waals surface area contributed by atoms with Crippen LogP contribution in [0.3, 0.4) is 0 Å². The molecule has 0 aliphatic carbocycles. The number of fused-ring (bicyclic) bond motifs is 1. The molecule has 0 saturated carbocycles. The average Bonchev–Trinajstić information content (AvgIpc) is 3.11. The summed E-state index contributed by atoms with van der Waals surface area (Å²) in [6.07, 6.45) is 2.10. The third kappa shape index (κ3) is 3.08. The van der Waals surface area contributed by atoms with Crippen LogP contribution in [0.1, 0.15) is 24.1 Å². The highest BCUT2D eigenvalue weighted by molar-refractivity contribution is 6.30. The van der Waals surface area contributed by atoms with Crippen LogP contribution in [0.4, 0.5) is 5.95 Å². The van der Waals surface area contributed by atoms with Gasteiger partial charge in [-0.25, -0.2) is 0 Å². The van der Waals surface area contributed by atoms with Gasteiger partial charge < -0.3 is 10.1 Å². The van der Waals surface area contributed by atoms with Crippen LogP contribution in [0.25, 0.3) is 5.70 Å². The number of benzene rings is 2. The number of tetrazole rings is 1. The number of rotatable bonds is 4. The zero-order valence-corrected chi connectivity index (χ0v) is 14.3. The van der Waals surface area contributed by atoms with E-state index in [1.54, 1.807) is 4.68 Å². The summed E-state index contributed by atoms with van der Waals surface area (Å²) >= 11 is 6.01. The molecule has 0 amide bonds. The van der Waals surface area contributed by atoms with E-state index in [0.29, 0.717) is 17.6 Å². The van der Waals surface area contributed by atoms with E-state index in [1.807, 2.05) is 55.5 Å². The highest BCUT2D eigenvalue weighted by Gasteiger charge is 2.24. The summed E-state index contributed by atoms with van der Waals surface area (Å²) in [4.78, 5) is 0. The largest absolute Gasteiger partial charge is 0.494 e. The fourth-order valence-corrected chi connectivity index (χ4v) is 2.94. The summed E-state index contributed by atoms with van der Waals surface area (Å²) in [5.74, 6) is 1.45. The monoisotopic (exact) mass is 353 g/mol. The van der Waals surface area contributed by atoms with Crippen molar-refractivity contribution < 1.29 is 4.74 Å². The molecule has 0 bridgehead atoms. The molecule has 1 unspecified atom stereocenters. The van der Waals surface area contributed by atoms with Crippen molar-refractivity contribution in [1.82, 2.24) is 20.2 Å². The van der Waals surface area contributed by atoms with Crippen LogP contribution >= 0.6 is 11.6 Å². The maximum atomic E-state index is 6.01. The number of nitrogens with zero attached hydrogens (tertiary/aromatic N) is 4. The Morgan fingerprint density at radius 1 is 1.12 bits per heavy atom. The lowest BCUT2D eigenvalue weighted by Gasteiger charge is -2.23. The molecule has 1 atom stereocenters. The summed E-state index contributed by atoms with van der Waals surface area (Å²) < 4.78 is 7.26. The molecule has 0 saturated heterocycles. The van der Waals surface area contributed by atoms with E-state index in [9.17, 15) is 0 Å². The molecule has 0 spiro atoms. The number of anilines is 1. The van der Waals surface area contributed by atoms with Gasteiger partial charge in [0.15, 0.2) is 0 Å². The minimum atomic E-state index is -0.106. The molecule has 1 aliphatic rings. The number of ether oxygens (including phenoxy) is 1. The Morgan fingerprint density at radius 2 is 1.88 bits per heavy atom. The van der Waals surface area contributed by atoms with Crippen LogP contribution in [0.15, 0.2) is 54.6 Å². The summed E-state index contributed by atoms with van der Waals surface area (Å²) in [5.41, 5.74) is 3.05. The molecule has 2 heterocycles. The molecule has 1 aromatic heterocycles. The summed E-state index contributed by atoms with van der Waals surface area (Å²) in [6.45, 7) is 2.61. The van der Waals surface area contributed by atoms with E-state index in [4.69, 9.17) is 16.3 Å². The standard InChI is InChI=1S/C18H16ClN5O/c1-2-25-15-9-5-12(6-10-15)16-11-17(13-3-7-14(19)8-4-13)24-18(20-16)21-22-23-24/h3-11,17H,2H2,1H3,(H,20,21,23). The minimum absolute atomic E-state index is 0.106. The lowest BCUT2D eigenvalue weighted by molar-refractivity contribution is 0.340. The van der Waals surface area contributed by atoms with Crippen molar-refractivity contribution in [3.05, 3.63) is 70.8 Å². The number of aromatic nitrogens is 4. The molecule has 3 aromatic rings. The smallest absolute Gasteiger partial charge is 0.248 e. The fraction of sp³-hybridized carbons (Fsp3) is 0.167. The maximum Gasteiger partial charge on any atom is 0.248 e. The van der Waals surface area contributed by atoms with Crippen LogP contribution in [0.2, 0.25) is 5.02 Å². The van der Waals surface area contributed by atoms with Crippen LogP contribution in [-0.4, -0.2) is 26.8 Å². The van der Waals surface area contributed by atoms with Gasteiger partial charge in [0.1, 0.15) is 11.8 Å². The van der Waals surface area contributed by atoms with Gasteiger partial charge in [0.25, 0.3) is 0 Å². The van der Waals surface area contributed by atoms with Gasteiger partial charge in [-0.3, -0.25) is 0 Å². The Morgan fingerprint density at radius 3 is 2.60 bits per heavy atom. The normalized spacial score (nSPS) is 15.9. The van der Waals surface area contributed by atoms with Crippen molar-refractivity contribution in [2.75, 3.05) is 11.9 Å². The highest BCUT2D eigenvalue weighted by atomic mass is 35.5. The number of hydrogen-bond acceptors (Lipinski definition) is 5. The van der Waals surface area contributed by atoms with Crippen LogP contribution in [0, 0.1) is 0 Å². The molecule has 0 radical (unpaired) electrons. The number of allylic oxidation sites excluding steroid dienone is 1. The van der Waals surface area contributed by atoms with E-state index in [-0.39, 0.29) is 6.04 Å². The van der Waals surface area contributed by atoms with E-state index in [0.717, 1.165) is 22.6 Å². The summed E-state index contributed by atoms with van der Waals surface area (Å²) in [7, 11) is 0. The summed E-state index contributed by atoms with van der Waals surface area (Å²) in [6, 6.07) is 15.5. The van der Waals surface area contributed by atoms with Gasteiger partial charge in [-0.2, -0.15) is 4.68 Å². The van der Waals surface area contributed by atoms with Gasteiger partial charge in [0.2, 0.25) is 5.95 Å². The van der Waals surface area contributed by atoms with Crippen molar-refractivity contribution in [1.29, 1.82) is 0 Å². The first-order valence-electron chi connectivity index (χ1n) is 8.00. The Hall–Kier alpha value is -2.86. The van der Waals surface area contributed by atoms with E-state index in [1.165, 1.54) is 0 Å². The quantitative estimate of drug-likeness (QED) is 0.773. The van der Waals surface area contributed by atoms with Crippen LogP contribution in [0.5, 0.6) is 5.75 Å². The molecule has 0 fully saturated rings. The van der Waals surface area contributed by atoms with E-state index >= 15 is 0 Å². The van der Waals surface area contributed by atoms with E-state index < -0.39 is 0 Å². The Bertz CT molecular complexity index is 902. The van der Waals surface area contributed by atoms with Crippen molar-refractivity contribution in [3.63, 3.8) is 0 Å². The van der Waals surface area contributed by atoms with Crippen molar-refractivity contribution >= 4 is 23.2 Å². The molecule has 25 heavy (non-hydrogen) atoms. The fourth-order valence-electron chi connectivity index (χ4n) is 2.82. The second-order valence-electron chi connectivity index (χ2n) is 5.61. The number of nitrogens with one attached hydrogen (secondary N) is 1. The molecule has 126 valence electrons. The maximum absolute atomic E-state index is 6.01. The van der Waals surface area contributed by atoms with Crippen molar-refractivity contribution in [2.45, 2.75) is 13.0 Å². The topological polar surface area (TPSA) is 64.9 Å². The van der Waals surface area contributed by atoms with Crippen molar-refractivity contribution in [2.24, 2.45) is 0 Å². The molecular weight excluding hydrogens is 338 g/mol. The molecule has 1 N–H and O–H groups in total. The second-order valence-corrected chi connectivity index (χ2v) is 6.04. The number of hydrogen-bond donors (Lipinski definition) is 1. The predicted molar refractivity (Wildman–Crippen MR) is 96.6 cm³/mol. The molecular formula is C18H16ClN5O. The lowest BCUT2D eigenvalue weighted by atomic mass is 10.0. The third-order valence-corrected chi connectivity index (χ3v) is 4.27. The highest BCUT2D eigenvalue weighted by Crippen LogP contribution is 2.32. The van der Waals surface area contributed by atoms with Gasteiger partial charge in [-0.05, 0) is 71.0 Å². The van der Waals surface area contributed by atoms with E-state index in [2.05, 4.69) is 26.9 Å². The van der Waals surface area contributed by atoms with Gasteiger partial charge in [-0.15, -0.1) is 0 Å². The first-order chi connectivity index (χ1) is 12.2. The third-order valence-electron chi connectivity index (χ3n) is 4.02. The molecule has 4 rings (SSSR count). The van der Waals surface area contributed by atoms with Gasteiger partial charge in [0, 0.05) is 10.7 Å². The first-order valence-corrected chi connectivity index (χ1v) is 8.38.